The second-order valence-electron chi connectivity index (χ2n) is 6.58. The molecule has 0 saturated heterocycles. The average Bonchev–Trinajstić information content (AvgIpc) is 2.75. The molecule has 28 heavy (non-hydrogen) atoms. The predicted octanol–water partition coefficient (Wildman–Crippen LogP) is 4.52. The summed E-state index contributed by atoms with van der Waals surface area (Å²) < 4.78 is 0. The van der Waals surface area contributed by atoms with Gasteiger partial charge in [0, 0.05) is 31.4 Å². The number of carbonyl (C=O) groups excluding carboxylic acids is 1. The van der Waals surface area contributed by atoms with Gasteiger partial charge < -0.3 is 10.2 Å². The highest BCUT2D eigenvalue weighted by atomic mass is 16.1. The van der Waals surface area contributed by atoms with Gasteiger partial charge in [-0.05, 0) is 29.8 Å². The maximum Gasteiger partial charge on any atom is 0.257 e. The van der Waals surface area contributed by atoms with Gasteiger partial charge in [0.2, 0.25) is 0 Å². The van der Waals surface area contributed by atoms with Crippen LogP contribution >= 0.6 is 0 Å². The minimum atomic E-state index is -0.206. The van der Waals surface area contributed by atoms with Crippen LogP contribution in [0.5, 0.6) is 0 Å². The van der Waals surface area contributed by atoms with E-state index in [1.807, 2.05) is 66.5 Å². The number of nitrogens with zero attached hydrogens (tertiary/aromatic N) is 3. The van der Waals surface area contributed by atoms with E-state index in [1.54, 1.807) is 18.5 Å². The molecule has 0 aliphatic carbocycles. The molecule has 0 unspecified atom stereocenters. The molecule has 5 heteroatoms. The van der Waals surface area contributed by atoms with Crippen LogP contribution in [0.15, 0.2) is 85.2 Å². The first kappa shape index (κ1) is 17.7. The molecule has 0 aliphatic heterocycles. The highest BCUT2D eigenvalue weighted by Gasteiger charge is 2.11. The molecule has 4 aromatic rings. The van der Waals surface area contributed by atoms with Crippen molar-refractivity contribution in [2.75, 3.05) is 17.3 Å². The molecule has 4 rings (SSSR count). The Hall–Kier alpha value is -3.73. The molecule has 0 atom stereocenters. The maximum atomic E-state index is 12.6. The maximum absolute atomic E-state index is 12.6. The number of aromatic nitrogens is 2. The first-order valence-corrected chi connectivity index (χ1v) is 9.07. The molecule has 138 valence electrons. The zero-order chi connectivity index (χ0) is 19.3. The number of nitrogens with one attached hydrogen (secondary N) is 1. The van der Waals surface area contributed by atoms with E-state index in [9.17, 15) is 4.79 Å². The summed E-state index contributed by atoms with van der Waals surface area (Å²) in [4.78, 5) is 23.5. The first-order chi connectivity index (χ1) is 13.7. The van der Waals surface area contributed by atoms with E-state index in [1.165, 1.54) is 5.56 Å². The summed E-state index contributed by atoms with van der Waals surface area (Å²) in [5.41, 5.74) is 3.17. The van der Waals surface area contributed by atoms with Crippen molar-refractivity contribution in [3.05, 3.63) is 96.3 Å². The summed E-state index contributed by atoms with van der Waals surface area (Å²) in [6.45, 7) is 0.751. The van der Waals surface area contributed by atoms with Crippen LogP contribution in [0.3, 0.4) is 0 Å². The fraction of sp³-hybridized carbons (Fsp3) is 0.0870. The molecule has 2 aromatic heterocycles. The Bertz CT molecular complexity index is 1090. The van der Waals surface area contributed by atoms with Crippen LogP contribution in [-0.4, -0.2) is 22.9 Å². The molecule has 0 radical (unpaired) electrons. The van der Waals surface area contributed by atoms with Gasteiger partial charge in [0.1, 0.15) is 5.82 Å². The summed E-state index contributed by atoms with van der Waals surface area (Å²) in [7, 11) is 1.98. The lowest BCUT2D eigenvalue weighted by Crippen LogP contribution is -2.18. The van der Waals surface area contributed by atoms with E-state index < -0.39 is 0 Å². The van der Waals surface area contributed by atoms with Gasteiger partial charge in [-0.3, -0.25) is 9.78 Å². The quantitative estimate of drug-likeness (QED) is 0.563. The van der Waals surface area contributed by atoms with E-state index in [0.29, 0.717) is 11.3 Å². The van der Waals surface area contributed by atoms with Crippen LogP contribution in [-0.2, 0) is 6.54 Å². The minimum Gasteiger partial charge on any atom is -0.355 e. The van der Waals surface area contributed by atoms with Crippen LogP contribution in [0.4, 0.5) is 11.5 Å². The number of pyridine rings is 2. The van der Waals surface area contributed by atoms with Crippen molar-refractivity contribution in [1.82, 2.24) is 9.97 Å². The molecule has 2 heterocycles. The lowest BCUT2D eigenvalue weighted by molar-refractivity contribution is 0.102. The highest BCUT2D eigenvalue weighted by Crippen LogP contribution is 2.21. The molecule has 0 bridgehead atoms. The van der Waals surface area contributed by atoms with Crippen molar-refractivity contribution in [1.29, 1.82) is 0 Å². The number of carbonyl (C=O) groups is 1. The van der Waals surface area contributed by atoms with Crippen molar-refractivity contribution >= 4 is 28.3 Å². The fourth-order valence-electron chi connectivity index (χ4n) is 3.08. The Morgan fingerprint density at radius 2 is 1.75 bits per heavy atom. The number of hydrogen-bond acceptors (Lipinski definition) is 4. The Labute approximate surface area is 163 Å². The summed E-state index contributed by atoms with van der Waals surface area (Å²) in [5, 5.41) is 3.92. The summed E-state index contributed by atoms with van der Waals surface area (Å²) >= 11 is 0. The third-order valence-corrected chi connectivity index (χ3v) is 4.54. The van der Waals surface area contributed by atoms with E-state index in [2.05, 4.69) is 27.4 Å². The normalized spacial score (nSPS) is 10.6. The van der Waals surface area contributed by atoms with Gasteiger partial charge in [-0.15, -0.1) is 0 Å². The highest BCUT2D eigenvalue weighted by molar-refractivity contribution is 6.08. The van der Waals surface area contributed by atoms with Gasteiger partial charge in [0.15, 0.2) is 0 Å². The third kappa shape index (κ3) is 3.83. The van der Waals surface area contributed by atoms with E-state index in [4.69, 9.17) is 0 Å². The van der Waals surface area contributed by atoms with Gasteiger partial charge in [0.25, 0.3) is 5.91 Å². The van der Waals surface area contributed by atoms with Crippen molar-refractivity contribution in [3.63, 3.8) is 0 Å². The second-order valence-corrected chi connectivity index (χ2v) is 6.58. The third-order valence-electron chi connectivity index (χ3n) is 4.54. The smallest absolute Gasteiger partial charge is 0.257 e. The van der Waals surface area contributed by atoms with Crippen molar-refractivity contribution in [3.8, 4) is 0 Å². The Kier molecular flexibility index (Phi) is 4.97. The van der Waals surface area contributed by atoms with Gasteiger partial charge >= 0.3 is 0 Å². The minimum absolute atomic E-state index is 0.206. The van der Waals surface area contributed by atoms with Crippen LogP contribution in [0.1, 0.15) is 15.9 Å². The summed E-state index contributed by atoms with van der Waals surface area (Å²) in [5.74, 6) is 0.607. The van der Waals surface area contributed by atoms with E-state index in [0.717, 1.165) is 23.3 Å². The number of rotatable bonds is 5. The SMILES string of the molecule is CN(Cc1ccccc1)c1ccc(C(=O)Nc2cccc3cccnc23)cn1. The number of benzene rings is 2. The first-order valence-electron chi connectivity index (χ1n) is 9.07. The number of para-hydroxylation sites is 1. The average molecular weight is 368 g/mol. The standard InChI is InChI=1S/C23H20N4O/c1-27(16-17-7-3-2-4-8-17)21-13-12-19(15-25-21)23(28)26-20-11-5-9-18-10-6-14-24-22(18)20/h2-15H,16H2,1H3,(H,26,28). The van der Waals surface area contributed by atoms with Crippen LogP contribution in [0.2, 0.25) is 0 Å². The molecule has 1 N–H and O–H groups in total. The fourth-order valence-corrected chi connectivity index (χ4v) is 3.08. The van der Waals surface area contributed by atoms with Crippen LogP contribution < -0.4 is 10.2 Å². The van der Waals surface area contributed by atoms with Gasteiger partial charge in [-0.1, -0.05) is 48.5 Å². The van der Waals surface area contributed by atoms with Crippen molar-refractivity contribution < 1.29 is 4.79 Å². The van der Waals surface area contributed by atoms with Gasteiger partial charge in [-0.2, -0.15) is 0 Å². The van der Waals surface area contributed by atoms with Gasteiger partial charge in [-0.25, -0.2) is 4.98 Å². The van der Waals surface area contributed by atoms with Crippen LogP contribution in [0.25, 0.3) is 10.9 Å². The molecule has 1 amide bonds. The zero-order valence-corrected chi connectivity index (χ0v) is 15.5. The lowest BCUT2D eigenvalue weighted by Gasteiger charge is -2.18. The molecule has 2 aromatic carbocycles. The molecular formula is C23H20N4O. The summed E-state index contributed by atoms with van der Waals surface area (Å²) in [6.07, 6.45) is 3.32. The van der Waals surface area contributed by atoms with Gasteiger partial charge in [0.05, 0.1) is 16.8 Å². The number of fused-ring (bicyclic) bond motifs is 1. The Balaban J connectivity index is 1.48. The van der Waals surface area contributed by atoms with Crippen LogP contribution in [0, 0.1) is 0 Å². The summed E-state index contributed by atoms with van der Waals surface area (Å²) in [6, 6.07) is 23.4. The molecule has 0 aliphatic rings. The Morgan fingerprint density at radius 3 is 2.54 bits per heavy atom. The van der Waals surface area contributed by atoms with Crippen molar-refractivity contribution in [2.45, 2.75) is 6.54 Å². The molecule has 0 saturated carbocycles. The van der Waals surface area contributed by atoms with E-state index >= 15 is 0 Å². The monoisotopic (exact) mass is 368 g/mol. The topological polar surface area (TPSA) is 58.1 Å². The molecule has 0 fully saturated rings. The van der Waals surface area contributed by atoms with Crippen molar-refractivity contribution in [2.24, 2.45) is 0 Å². The second kappa shape index (κ2) is 7.88. The lowest BCUT2D eigenvalue weighted by atomic mass is 10.2. The zero-order valence-electron chi connectivity index (χ0n) is 15.5. The number of hydrogen-bond donors (Lipinski definition) is 1. The molecule has 0 spiro atoms. The molecule has 5 nitrogen and oxygen atoms in total. The predicted molar refractivity (Wildman–Crippen MR) is 112 cm³/mol. The van der Waals surface area contributed by atoms with E-state index in [-0.39, 0.29) is 5.91 Å². The largest absolute Gasteiger partial charge is 0.355 e. The number of anilines is 2. The number of amides is 1. The molecular weight excluding hydrogens is 348 g/mol. The Morgan fingerprint density at radius 1 is 0.929 bits per heavy atom.